The zero-order chi connectivity index (χ0) is 13.0. The van der Waals surface area contributed by atoms with Crippen LogP contribution in [0.15, 0.2) is 42.7 Å². The molecule has 2 aromatic rings. The number of aromatic nitrogens is 1. The number of aliphatic hydroxyl groups excluding tert-OH is 1. The Morgan fingerprint density at radius 2 is 2.17 bits per heavy atom. The number of benzene rings is 1. The van der Waals surface area contributed by atoms with Gasteiger partial charge in [0.1, 0.15) is 5.75 Å². The molecule has 1 N–H and O–H groups in total. The lowest BCUT2D eigenvalue weighted by Crippen LogP contribution is -2.02. The number of nitrogens with zero attached hydrogens (tertiary/aromatic N) is 1. The Labute approximate surface area is 111 Å². The molecule has 4 heteroatoms. The van der Waals surface area contributed by atoms with Gasteiger partial charge in [0.05, 0.1) is 19.4 Å². The maximum Gasteiger partial charge on any atom is 0.137 e. The minimum absolute atomic E-state index is 0.495. The van der Waals surface area contributed by atoms with Crippen molar-refractivity contribution in [3.8, 4) is 5.75 Å². The maximum absolute atomic E-state index is 10.1. The quantitative estimate of drug-likeness (QED) is 0.922. The van der Waals surface area contributed by atoms with Crippen LogP contribution >= 0.6 is 11.6 Å². The molecule has 0 fully saturated rings. The van der Waals surface area contributed by atoms with Crippen molar-refractivity contribution in [1.82, 2.24) is 4.98 Å². The first-order valence-electron chi connectivity index (χ1n) is 5.60. The van der Waals surface area contributed by atoms with Crippen LogP contribution in [-0.4, -0.2) is 17.2 Å². The predicted molar refractivity (Wildman–Crippen MR) is 70.9 cm³/mol. The Morgan fingerprint density at radius 1 is 1.33 bits per heavy atom. The highest BCUT2D eigenvalue weighted by Crippen LogP contribution is 2.22. The topological polar surface area (TPSA) is 42.4 Å². The molecule has 0 saturated heterocycles. The molecular weight excluding hydrogens is 250 g/mol. The van der Waals surface area contributed by atoms with Gasteiger partial charge in [0.15, 0.2) is 0 Å². The summed E-state index contributed by atoms with van der Waals surface area (Å²) in [5.74, 6) is 0.637. The highest BCUT2D eigenvalue weighted by atomic mass is 35.5. The van der Waals surface area contributed by atoms with Crippen molar-refractivity contribution >= 4 is 11.6 Å². The Balaban J connectivity index is 2.13. The highest BCUT2D eigenvalue weighted by Gasteiger charge is 2.10. The number of hydrogen-bond acceptors (Lipinski definition) is 3. The van der Waals surface area contributed by atoms with Crippen LogP contribution in [0.2, 0.25) is 5.02 Å². The van der Waals surface area contributed by atoms with Gasteiger partial charge in [-0.1, -0.05) is 23.7 Å². The van der Waals surface area contributed by atoms with E-state index in [1.54, 1.807) is 25.6 Å². The van der Waals surface area contributed by atoms with Crippen LogP contribution in [0.3, 0.4) is 0 Å². The number of pyridine rings is 1. The van der Waals surface area contributed by atoms with Gasteiger partial charge in [-0.05, 0) is 23.8 Å². The van der Waals surface area contributed by atoms with E-state index in [0.29, 0.717) is 17.2 Å². The van der Waals surface area contributed by atoms with Gasteiger partial charge in [-0.15, -0.1) is 0 Å². The van der Waals surface area contributed by atoms with Crippen molar-refractivity contribution in [2.45, 2.75) is 12.5 Å². The molecule has 0 bridgehead atoms. The van der Waals surface area contributed by atoms with E-state index < -0.39 is 6.10 Å². The molecule has 94 valence electrons. The summed E-state index contributed by atoms with van der Waals surface area (Å²) < 4.78 is 5.08. The molecule has 1 unspecified atom stereocenters. The largest absolute Gasteiger partial charge is 0.495 e. The minimum atomic E-state index is -0.619. The molecule has 0 aliphatic rings. The average molecular weight is 264 g/mol. The van der Waals surface area contributed by atoms with Gasteiger partial charge in [0.25, 0.3) is 0 Å². The van der Waals surface area contributed by atoms with Crippen molar-refractivity contribution in [2.75, 3.05) is 7.11 Å². The summed E-state index contributed by atoms with van der Waals surface area (Å²) >= 11 is 5.91. The van der Waals surface area contributed by atoms with Crippen LogP contribution in [0.4, 0.5) is 0 Å². The first-order chi connectivity index (χ1) is 8.69. The van der Waals surface area contributed by atoms with E-state index in [2.05, 4.69) is 4.98 Å². The third-order valence-corrected chi connectivity index (χ3v) is 2.91. The second-order valence-electron chi connectivity index (χ2n) is 4.01. The number of halogens is 1. The van der Waals surface area contributed by atoms with Crippen molar-refractivity contribution in [3.63, 3.8) is 0 Å². The van der Waals surface area contributed by atoms with E-state index in [-0.39, 0.29) is 0 Å². The lowest BCUT2D eigenvalue weighted by molar-refractivity contribution is 0.177. The van der Waals surface area contributed by atoms with Crippen molar-refractivity contribution in [1.29, 1.82) is 0 Å². The third-order valence-electron chi connectivity index (χ3n) is 2.67. The van der Waals surface area contributed by atoms with E-state index in [9.17, 15) is 5.11 Å². The smallest absolute Gasteiger partial charge is 0.137 e. The van der Waals surface area contributed by atoms with Gasteiger partial charge in [-0.3, -0.25) is 4.98 Å². The molecule has 1 aromatic heterocycles. The number of rotatable bonds is 4. The minimum Gasteiger partial charge on any atom is -0.495 e. The summed E-state index contributed by atoms with van der Waals surface area (Å²) in [7, 11) is 1.57. The van der Waals surface area contributed by atoms with E-state index in [0.717, 1.165) is 11.1 Å². The zero-order valence-electron chi connectivity index (χ0n) is 10.0. The van der Waals surface area contributed by atoms with Crippen LogP contribution in [0, 0.1) is 0 Å². The lowest BCUT2D eigenvalue weighted by Gasteiger charge is -2.11. The number of aliphatic hydroxyl groups is 1. The maximum atomic E-state index is 10.1. The van der Waals surface area contributed by atoms with Gasteiger partial charge in [-0.25, -0.2) is 0 Å². The van der Waals surface area contributed by atoms with Crippen molar-refractivity contribution < 1.29 is 9.84 Å². The van der Waals surface area contributed by atoms with Crippen LogP contribution in [0.25, 0.3) is 0 Å². The van der Waals surface area contributed by atoms with Gasteiger partial charge in [0, 0.05) is 23.2 Å². The van der Waals surface area contributed by atoms with Gasteiger partial charge in [0.2, 0.25) is 0 Å². The molecular formula is C14H14ClNO2. The zero-order valence-corrected chi connectivity index (χ0v) is 10.8. The molecule has 0 saturated carbocycles. The van der Waals surface area contributed by atoms with E-state index in [1.807, 2.05) is 24.3 Å². The molecule has 0 aliphatic carbocycles. The van der Waals surface area contributed by atoms with E-state index in [4.69, 9.17) is 16.3 Å². The fourth-order valence-electron chi connectivity index (χ4n) is 1.73. The molecule has 3 nitrogen and oxygen atoms in total. The Hall–Kier alpha value is -1.58. The van der Waals surface area contributed by atoms with Gasteiger partial charge < -0.3 is 9.84 Å². The first-order valence-corrected chi connectivity index (χ1v) is 5.98. The summed E-state index contributed by atoms with van der Waals surface area (Å²) in [5, 5.41) is 10.8. The molecule has 0 spiro atoms. The molecule has 2 rings (SSSR count). The second kappa shape index (κ2) is 5.85. The summed E-state index contributed by atoms with van der Waals surface area (Å²) in [6, 6.07) is 9.24. The summed E-state index contributed by atoms with van der Waals surface area (Å²) in [6.07, 6.45) is 3.12. The Morgan fingerprint density at radius 3 is 2.89 bits per heavy atom. The summed E-state index contributed by atoms with van der Waals surface area (Å²) in [5.41, 5.74) is 1.71. The summed E-state index contributed by atoms with van der Waals surface area (Å²) in [4.78, 5) is 4.02. The lowest BCUT2D eigenvalue weighted by atomic mass is 10.0. The predicted octanol–water partition coefficient (Wildman–Crippen LogP) is 3.02. The second-order valence-corrected chi connectivity index (χ2v) is 4.44. The van der Waals surface area contributed by atoms with Crippen LogP contribution in [0.5, 0.6) is 5.75 Å². The molecule has 0 radical (unpaired) electrons. The van der Waals surface area contributed by atoms with Crippen LogP contribution in [0.1, 0.15) is 17.2 Å². The van der Waals surface area contributed by atoms with E-state index >= 15 is 0 Å². The van der Waals surface area contributed by atoms with Gasteiger partial charge in [-0.2, -0.15) is 0 Å². The standard InChI is InChI=1S/C14H14ClNO2/c1-18-13-7-11(8-16-9-13)14(17)6-10-3-2-4-12(15)5-10/h2-5,7-9,14,17H,6H2,1H3. The monoisotopic (exact) mass is 263 g/mol. The highest BCUT2D eigenvalue weighted by molar-refractivity contribution is 6.30. The number of hydrogen-bond donors (Lipinski definition) is 1. The fraction of sp³-hybridized carbons (Fsp3) is 0.214. The average Bonchev–Trinajstić information content (AvgIpc) is 2.39. The first kappa shape index (κ1) is 12.9. The number of ether oxygens (including phenoxy) is 1. The Bertz CT molecular complexity index is 531. The number of methoxy groups -OCH3 is 1. The van der Waals surface area contributed by atoms with Crippen LogP contribution in [-0.2, 0) is 6.42 Å². The molecule has 0 amide bonds. The normalized spacial score (nSPS) is 12.2. The molecule has 1 aromatic carbocycles. The summed E-state index contributed by atoms with van der Waals surface area (Å²) in [6.45, 7) is 0. The van der Waals surface area contributed by atoms with E-state index in [1.165, 1.54) is 0 Å². The fourth-order valence-corrected chi connectivity index (χ4v) is 1.95. The van der Waals surface area contributed by atoms with Crippen molar-refractivity contribution in [2.24, 2.45) is 0 Å². The van der Waals surface area contributed by atoms with Crippen molar-refractivity contribution in [3.05, 3.63) is 58.9 Å². The molecule has 0 aliphatic heterocycles. The molecule has 1 atom stereocenters. The third kappa shape index (κ3) is 3.22. The SMILES string of the molecule is COc1cncc(C(O)Cc2cccc(Cl)c2)c1. The van der Waals surface area contributed by atoms with Gasteiger partial charge >= 0.3 is 0 Å². The van der Waals surface area contributed by atoms with Crippen LogP contribution < -0.4 is 4.74 Å². The molecule has 1 heterocycles. The Kier molecular flexibility index (Phi) is 4.18. The molecule has 18 heavy (non-hydrogen) atoms.